The first-order valence-corrected chi connectivity index (χ1v) is 6.84. The van der Waals surface area contributed by atoms with Crippen molar-refractivity contribution in [1.82, 2.24) is 9.38 Å². The van der Waals surface area contributed by atoms with Crippen LogP contribution in [-0.4, -0.2) is 22.5 Å². The molecule has 0 unspecified atom stereocenters. The highest BCUT2D eigenvalue weighted by molar-refractivity contribution is 6.30. The molecule has 2 aromatic heterocycles. The van der Waals surface area contributed by atoms with Gasteiger partial charge in [0.1, 0.15) is 5.56 Å². The normalized spacial score (nSPS) is 10.8. The summed E-state index contributed by atoms with van der Waals surface area (Å²) in [5.41, 5.74) is 3.06. The van der Waals surface area contributed by atoms with Crippen LogP contribution in [0.15, 0.2) is 48.8 Å². The van der Waals surface area contributed by atoms with E-state index in [0.29, 0.717) is 22.7 Å². The zero-order valence-electron chi connectivity index (χ0n) is 11.4. The van der Waals surface area contributed by atoms with Gasteiger partial charge < -0.3 is 9.14 Å². The van der Waals surface area contributed by atoms with Crippen LogP contribution in [0.5, 0.6) is 0 Å². The Morgan fingerprint density at radius 2 is 2.05 bits per heavy atom. The third kappa shape index (κ3) is 2.76. The molecule has 3 aromatic rings. The second-order valence-corrected chi connectivity index (χ2v) is 5.12. The van der Waals surface area contributed by atoms with Crippen molar-refractivity contribution >= 4 is 23.2 Å². The summed E-state index contributed by atoms with van der Waals surface area (Å²) >= 11 is 5.88. The molecule has 4 nitrogen and oxygen atoms in total. The Balaban J connectivity index is 1.97. The van der Waals surface area contributed by atoms with E-state index in [4.69, 9.17) is 16.3 Å². The summed E-state index contributed by atoms with van der Waals surface area (Å²) in [6.07, 6.45) is 4.45. The lowest BCUT2D eigenvalue weighted by Crippen LogP contribution is -2.03. The highest BCUT2D eigenvalue weighted by atomic mass is 35.5. The first kappa shape index (κ1) is 13.6. The number of halogens is 1. The number of pyridine rings is 1. The van der Waals surface area contributed by atoms with Gasteiger partial charge in [0.2, 0.25) is 0 Å². The third-order valence-corrected chi connectivity index (χ3v) is 3.49. The molecule has 0 aliphatic rings. The third-order valence-electron chi connectivity index (χ3n) is 3.24. The monoisotopic (exact) mass is 300 g/mol. The van der Waals surface area contributed by atoms with Crippen LogP contribution in [0.2, 0.25) is 5.02 Å². The molecule has 0 bridgehead atoms. The van der Waals surface area contributed by atoms with Gasteiger partial charge in [-0.2, -0.15) is 0 Å². The summed E-state index contributed by atoms with van der Waals surface area (Å²) in [6.45, 7) is 0. The van der Waals surface area contributed by atoms with E-state index in [1.54, 1.807) is 12.1 Å². The topological polar surface area (TPSA) is 43.6 Å². The molecule has 0 spiro atoms. The molecule has 0 saturated carbocycles. The summed E-state index contributed by atoms with van der Waals surface area (Å²) in [5.74, 6) is -0.385. The average Bonchev–Trinajstić information content (AvgIpc) is 2.91. The predicted molar refractivity (Wildman–Crippen MR) is 80.8 cm³/mol. The number of nitrogens with zero attached hydrogens (tertiary/aromatic N) is 2. The van der Waals surface area contributed by atoms with E-state index < -0.39 is 0 Å². The van der Waals surface area contributed by atoms with Crippen LogP contribution in [0.3, 0.4) is 0 Å². The lowest BCUT2D eigenvalue weighted by Gasteiger charge is -2.00. The Bertz CT molecular complexity index is 794. The Morgan fingerprint density at radius 1 is 1.29 bits per heavy atom. The quantitative estimate of drug-likeness (QED) is 0.697. The van der Waals surface area contributed by atoms with Gasteiger partial charge >= 0.3 is 5.97 Å². The Labute approximate surface area is 126 Å². The van der Waals surface area contributed by atoms with Crippen molar-refractivity contribution < 1.29 is 9.53 Å². The molecule has 1 aromatic carbocycles. The van der Waals surface area contributed by atoms with Crippen LogP contribution in [0.4, 0.5) is 0 Å². The summed E-state index contributed by atoms with van der Waals surface area (Å²) in [7, 11) is 1.36. The number of carbonyl (C=O) groups excluding carboxylic acids is 1. The van der Waals surface area contributed by atoms with Gasteiger partial charge in [-0.3, -0.25) is 0 Å². The van der Waals surface area contributed by atoms with E-state index in [9.17, 15) is 4.79 Å². The number of aromatic nitrogens is 2. The molecule has 0 atom stereocenters. The number of hydrogen-bond donors (Lipinski definition) is 0. The fraction of sp³-hybridized carbons (Fsp3) is 0.125. The summed E-state index contributed by atoms with van der Waals surface area (Å²) in [5, 5.41) is 0.710. The molecule has 0 aliphatic carbocycles. The minimum absolute atomic E-state index is 0.385. The van der Waals surface area contributed by atoms with Crippen molar-refractivity contribution in [3.63, 3.8) is 0 Å². The van der Waals surface area contributed by atoms with E-state index in [1.165, 1.54) is 7.11 Å². The molecule has 106 valence electrons. The largest absolute Gasteiger partial charge is 0.465 e. The smallest absolute Gasteiger partial charge is 0.341 e. The Hall–Kier alpha value is -2.33. The van der Waals surface area contributed by atoms with E-state index in [-0.39, 0.29) is 5.97 Å². The molecule has 0 N–H and O–H groups in total. The fourth-order valence-corrected chi connectivity index (χ4v) is 2.36. The molecule has 0 radical (unpaired) electrons. The number of fused-ring (bicyclic) bond motifs is 1. The van der Waals surface area contributed by atoms with E-state index in [0.717, 1.165) is 11.3 Å². The van der Waals surface area contributed by atoms with Gasteiger partial charge in [-0.25, -0.2) is 9.78 Å². The van der Waals surface area contributed by atoms with Gasteiger partial charge in [-0.1, -0.05) is 23.7 Å². The van der Waals surface area contributed by atoms with Gasteiger partial charge in [0.15, 0.2) is 5.65 Å². The number of imidazole rings is 1. The maximum Gasteiger partial charge on any atom is 0.341 e. The molecule has 21 heavy (non-hydrogen) atoms. The number of hydrogen-bond acceptors (Lipinski definition) is 3. The highest BCUT2D eigenvalue weighted by Crippen LogP contribution is 2.16. The maximum atomic E-state index is 11.7. The van der Waals surface area contributed by atoms with Crippen LogP contribution in [0, 0.1) is 0 Å². The molecule has 5 heteroatoms. The number of carbonyl (C=O) groups is 1. The minimum atomic E-state index is -0.385. The molecular weight excluding hydrogens is 288 g/mol. The van der Waals surface area contributed by atoms with Gasteiger partial charge in [-0.05, 0) is 29.8 Å². The molecular formula is C16H13ClN2O2. The lowest BCUT2D eigenvalue weighted by atomic mass is 10.1. The summed E-state index contributed by atoms with van der Waals surface area (Å²) < 4.78 is 6.61. The van der Waals surface area contributed by atoms with Crippen LogP contribution in [0.1, 0.15) is 21.6 Å². The van der Waals surface area contributed by atoms with Crippen LogP contribution in [-0.2, 0) is 11.2 Å². The zero-order valence-corrected chi connectivity index (χ0v) is 12.2. The van der Waals surface area contributed by atoms with Gasteiger partial charge in [0.05, 0.1) is 12.8 Å². The number of esters is 1. The first-order valence-electron chi connectivity index (χ1n) is 6.47. The Kier molecular flexibility index (Phi) is 3.62. The highest BCUT2D eigenvalue weighted by Gasteiger charge is 2.13. The van der Waals surface area contributed by atoms with Crippen LogP contribution in [0.25, 0.3) is 5.65 Å². The van der Waals surface area contributed by atoms with Gasteiger partial charge in [0.25, 0.3) is 0 Å². The molecule has 0 fully saturated rings. The maximum absolute atomic E-state index is 11.7. The fourth-order valence-electron chi connectivity index (χ4n) is 2.23. The molecule has 0 saturated heterocycles. The number of benzene rings is 1. The molecule has 3 rings (SSSR count). The lowest BCUT2D eigenvalue weighted by molar-refractivity contribution is 0.0602. The van der Waals surface area contributed by atoms with Crippen molar-refractivity contribution in [2.24, 2.45) is 0 Å². The van der Waals surface area contributed by atoms with Crippen molar-refractivity contribution in [1.29, 1.82) is 0 Å². The SMILES string of the molecule is COC(=O)c1cccn2cc(Cc3ccc(Cl)cc3)nc12. The van der Waals surface area contributed by atoms with Gasteiger partial charge in [-0.15, -0.1) is 0 Å². The summed E-state index contributed by atoms with van der Waals surface area (Å²) in [6, 6.07) is 11.1. The van der Waals surface area contributed by atoms with Crippen molar-refractivity contribution in [2.45, 2.75) is 6.42 Å². The molecule has 0 amide bonds. The van der Waals surface area contributed by atoms with Crippen molar-refractivity contribution in [3.8, 4) is 0 Å². The number of ether oxygens (including phenoxy) is 1. The minimum Gasteiger partial charge on any atom is -0.465 e. The van der Waals surface area contributed by atoms with Crippen molar-refractivity contribution in [3.05, 3.63) is 70.6 Å². The van der Waals surface area contributed by atoms with E-state index in [2.05, 4.69) is 4.98 Å². The predicted octanol–water partition coefficient (Wildman–Crippen LogP) is 3.37. The van der Waals surface area contributed by atoms with Crippen LogP contribution < -0.4 is 0 Å². The van der Waals surface area contributed by atoms with Crippen LogP contribution >= 0.6 is 11.6 Å². The van der Waals surface area contributed by atoms with Crippen molar-refractivity contribution in [2.75, 3.05) is 7.11 Å². The van der Waals surface area contributed by atoms with E-state index >= 15 is 0 Å². The standard InChI is InChI=1S/C16H13ClN2O2/c1-21-16(20)14-3-2-8-19-10-13(18-15(14)19)9-11-4-6-12(17)7-5-11/h2-8,10H,9H2,1H3. The zero-order chi connectivity index (χ0) is 14.8. The molecule has 2 heterocycles. The van der Waals surface area contributed by atoms with E-state index in [1.807, 2.05) is 41.1 Å². The summed E-state index contributed by atoms with van der Waals surface area (Å²) in [4.78, 5) is 16.3. The number of rotatable bonds is 3. The van der Waals surface area contributed by atoms with Gasteiger partial charge in [0, 0.05) is 23.8 Å². The molecule has 0 aliphatic heterocycles. The average molecular weight is 301 g/mol. The first-order chi connectivity index (χ1) is 10.2. The second-order valence-electron chi connectivity index (χ2n) is 4.68. The number of methoxy groups -OCH3 is 1. The second kappa shape index (κ2) is 5.58. The Morgan fingerprint density at radius 3 is 2.76 bits per heavy atom.